The molecule has 0 spiro atoms. The van der Waals surface area contributed by atoms with Crippen LogP contribution in [0.15, 0.2) is 0 Å². The maximum atomic E-state index is 11.9. The first-order valence-electron chi connectivity index (χ1n) is 2.14. The minimum absolute atomic E-state index is 1.62. The number of alkyl halides is 2. The highest BCUT2D eigenvalue weighted by Crippen LogP contribution is 2.33. The van der Waals surface area contributed by atoms with Crippen molar-refractivity contribution < 1.29 is 23.1 Å². The number of hydrogen-bond acceptors (Lipinski definition) is 1. The molecule has 1 N–H and O–H groups in total. The summed E-state index contributed by atoms with van der Waals surface area (Å²) in [4.78, 5) is 9.60. The lowest BCUT2D eigenvalue weighted by Crippen LogP contribution is -2.23. The first kappa shape index (κ1) is 9.55. The molecule has 0 aromatic heterocycles. The molecular weight excluding hydrogens is 172 g/mol. The molecule has 0 heterocycles. The average molecular weight is 176 g/mol. The van der Waals surface area contributed by atoms with Crippen LogP contribution in [0.2, 0.25) is 0 Å². The van der Waals surface area contributed by atoms with Crippen molar-refractivity contribution in [2.45, 2.75) is 12.3 Å². The van der Waals surface area contributed by atoms with Gasteiger partial charge in [-0.15, -0.1) is 0 Å². The number of carboxylic acids is 1. The van der Waals surface area contributed by atoms with Crippen molar-refractivity contribution in [3.05, 3.63) is 5.63 Å². The summed E-state index contributed by atoms with van der Waals surface area (Å²) < 4.78 is 35.3. The maximum Gasteiger partial charge on any atom is 0.310 e. The summed E-state index contributed by atoms with van der Waals surface area (Å²) in [5, 5.41) is 7.78. The molecule has 0 atom stereocenters. The van der Waals surface area contributed by atoms with Gasteiger partial charge in [0.2, 0.25) is 0 Å². The van der Waals surface area contributed by atoms with Gasteiger partial charge in [0.1, 0.15) is 6.42 Å². The van der Waals surface area contributed by atoms with Crippen molar-refractivity contribution in [2.24, 2.45) is 0 Å². The summed E-state index contributed by atoms with van der Waals surface area (Å²) in [7, 11) is 0. The van der Waals surface area contributed by atoms with Gasteiger partial charge in [0.15, 0.2) is 0 Å². The molecule has 0 rings (SSSR count). The van der Waals surface area contributed by atoms with E-state index >= 15 is 0 Å². The van der Waals surface area contributed by atoms with Crippen LogP contribution < -0.4 is 0 Å². The number of aliphatic carboxylic acids is 1. The van der Waals surface area contributed by atoms with Crippen molar-refractivity contribution in [2.75, 3.05) is 0 Å². The van der Waals surface area contributed by atoms with Gasteiger partial charge in [-0.05, 0) is 0 Å². The molecule has 0 fully saturated rings. The molecule has 2 nitrogen and oxygen atoms in total. The zero-order valence-corrected chi connectivity index (χ0v) is 5.33. The Labute approximate surface area is 59.6 Å². The molecule has 0 aliphatic rings. The smallest absolute Gasteiger partial charge is 0.310 e. The lowest BCUT2D eigenvalue weighted by atomic mass is 10.2. The topological polar surface area (TPSA) is 37.3 Å². The van der Waals surface area contributed by atoms with Gasteiger partial charge >= 0.3 is 17.5 Å². The predicted octanol–water partition coefficient (Wildman–Crippen LogP) is 1.79. The molecule has 1 radical (unpaired) electrons. The van der Waals surface area contributed by atoms with Crippen LogP contribution in [-0.2, 0) is 4.79 Å². The minimum atomic E-state index is -4.06. The van der Waals surface area contributed by atoms with Gasteiger partial charge in [0, 0.05) is 0 Å². The van der Waals surface area contributed by atoms with E-state index in [1.807, 2.05) is 0 Å². The highest BCUT2D eigenvalue weighted by Gasteiger charge is 2.42. The number of halogens is 4. The number of carbonyl (C=O) groups is 1. The third kappa shape index (κ3) is 2.91. The Balaban J connectivity index is 3.99. The van der Waals surface area contributed by atoms with E-state index in [-0.39, 0.29) is 0 Å². The van der Waals surface area contributed by atoms with Crippen LogP contribution in [0.1, 0.15) is 6.42 Å². The monoisotopic (exact) mass is 175 g/mol. The SMILES string of the molecule is O=C(O)CC(F)(F)[C](F)Cl. The van der Waals surface area contributed by atoms with Crippen LogP contribution in [0.5, 0.6) is 0 Å². The molecule has 0 aromatic carbocycles. The highest BCUT2D eigenvalue weighted by atomic mass is 35.5. The Morgan fingerprint density at radius 1 is 1.60 bits per heavy atom. The summed E-state index contributed by atoms with van der Waals surface area (Å²) in [6, 6.07) is 0. The molecule has 59 valence electrons. The lowest BCUT2D eigenvalue weighted by Gasteiger charge is -2.10. The van der Waals surface area contributed by atoms with Crippen LogP contribution in [-0.4, -0.2) is 17.0 Å². The van der Waals surface area contributed by atoms with Gasteiger partial charge in [0.05, 0.1) is 0 Å². The van der Waals surface area contributed by atoms with Crippen molar-refractivity contribution in [3.8, 4) is 0 Å². The standard InChI is InChI=1S/C4H3ClF3O2/c5-3(6)4(7,8)1-2(9)10/h1H2,(H,9,10). The van der Waals surface area contributed by atoms with E-state index in [9.17, 15) is 18.0 Å². The molecule has 0 saturated carbocycles. The molecule has 0 bridgehead atoms. The van der Waals surface area contributed by atoms with E-state index in [1.165, 1.54) is 0 Å². The van der Waals surface area contributed by atoms with Crippen molar-refractivity contribution in [1.82, 2.24) is 0 Å². The Bertz CT molecular complexity index is 136. The molecule has 0 aromatic rings. The van der Waals surface area contributed by atoms with Crippen LogP contribution in [0.25, 0.3) is 0 Å². The molecule has 0 unspecified atom stereocenters. The number of hydrogen-bond donors (Lipinski definition) is 1. The second-order valence-electron chi connectivity index (χ2n) is 1.54. The largest absolute Gasteiger partial charge is 0.481 e. The summed E-state index contributed by atoms with van der Waals surface area (Å²) in [5.74, 6) is -5.87. The second-order valence-corrected chi connectivity index (χ2v) is 1.87. The van der Waals surface area contributed by atoms with Crippen molar-refractivity contribution >= 4 is 17.6 Å². The maximum absolute atomic E-state index is 11.9. The van der Waals surface area contributed by atoms with E-state index in [2.05, 4.69) is 11.6 Å². The Hall–Kier alpha value is -0.450. The fraction of sp³-hybridized carbons (Fsp3) is 0.500. The zero-order chi connectivity index (χ0) is 8.36. The summed E-state index contributed by atoms with van der Waals surface area (Å²) in [5.41, 5.74) is -2.20. The zero-order valence-electron chi connectivity index (χ0n) is 4.57. The highest BCUT2D eigenvalue weighted by molar-refractivity contribution is 6.26. The fourth-order valence-electron chi connectivity index (χ4n) is 0.257. The summed E-state index contributed by atoms with van der Waals surface area (Å²) >= 11 is 4.25. The van der Waals surface area contributed by atoms with Gasteiger partial charge in [-0.25, -0.2) is 13.2 Å². The lowest BCUT2D eigenvalue weighted by molar-refractivity contribution is -0.144. The van der Waals surface area contributed by atoms with Gasteiger partial charge < -0.3 is 5.11 Å². The average Bonchev–Trinajstić information content (AvgIpc) is 1.60. The Kier molecular flexibility index (Phi) is 2.96. The van der Waals surface area contributed by atoms with E-state index < -0.39 is 23.9 Å². The molecular formula is C4H3ClF3O2. The van der Waals surface area contributed by atoms with Gasteiger partial charge in [-0.2, -0.15) is 0 Å². The van der Waals surface area contributed by atoms with E-state index in [1.54, 1.807) is 0 Å². The minimum Gasteiger partial charge on any atom is -0.481 e. The van der Waals surface area contributed by atoms with Gasteiger partial charge in [-0.3, -0.25) is 4.79 Å². The van der Waals surface area contributed by atoms with Crippen LogP contribution >= 0.6 is 11.6 Å². The summed E-state index contributed by atoms with van der Waals surface area (Å²) in [6.07, 6.45) is -1.62. The third-order valence-electron chi connectivity index (χ3n) is 0.650. The van der Waals surface area contributed by atoms with Gasteiger partial charge in [-0.1, -0.05) is 11.6 Å². The van der Waals surface area contributed by atoms with E-state index in [4.69, 9.17) is 5.11 Å². The Morgan fingerprint density at radius 3 is 2.10 bits per heavy atom. The third-order valence-corrected chi connectivity index (χ3v) is 0.926. The Morgan fingerprint density at radius 2 is 2.00 bits per heavy atom. The number of carboxylic acid groups (broad SMARTS) is 1. The first-order valence-corrected chi connectivity index (χ1v) is 2.52. The van der Waals surface area contributed by atoms with Crippen LogP contribution in [0.3, 0.4) is 0 Å². The van der Waals surface area contributed by atoms with Gasteiger partial charge in [0.25, 0.3) is 0 Å². The quantitative estimate of drug-likeness (QED) is 0.710. The van der Waals surface area contributed by atoms with E-state index in [0.29, 0.717) is 0 Å². The number of rotatable bonds is 3. The van der Waals surface area contributed by atoms with Crippen molar-refractivity contribution in [1.29, 1.82) is 0 Å². The molecule has 10 heavy (non-hydrogen) atoms. The normalized spacial score (nSPS) is 12.1. The first-order chi connectivity index (χ1) is 4.36. The van der Waals surface area contributed by atoms with Crippen LogP contribution in [0, 0.1) is 5.63 Å². The van der Waals surface area contributed by atoms with Crippen LogP contribution in [0.4, 0.5) is 13.2 Å². The fourth-order valence-corrected chi connectivity index (χ4v) is 0.324. The molecule has 0 amide bonds. The molecule has 6 heteroatoms. The van der Waals surface area contributed by atoms with Crippen molar-refractivity contribution in [3.63, 3.8) is 0 Å². The molecule has 0 saturated heterocycles. The summed E-state index contributed by atoms with van der Waals surface area (Å²) in [6.45, 7) is 0. The predicted molar refractivity (Wildman–Crippen MR) is 27.4 cm³/mol. The van der Waals surface area contributed by atoms with E-state index in [0.717, 1.165) is 0 Å². The molecule has 0 aliphatic carbocycles. The molecule has 0 aliphatic heterocycles. The second kappa shape index (κ2) is 3.09.